The lowest BCUT2D eigenvalue weighted by Gasteiger charge is -2.14. The van der Waals surface area contributed by atoms with E-state index in [4.69, 9.17) is 26.9 Å². The van der Waals surface area contributed by atoms with Gasteiger partial charge in [-0.1, -0.05) is 43.5 Å². The Bertz CT molecular complexity index is 4900. The first-order valence-corrected chi connectivity index (χ1v) is 35.4. The predicted molar refractivity (Wildman–Crippen MR) is 426 cm³/mol. The summed E-state index contributed by atoms with van der Waals surface area (Å²) in [5.74, 6) is -7.89. The molecule has 0 spiro atoms. The monoisotopic (exact) mass is 1950 g/mol. The Labute approximate surface area is 657 Å². The van der Waals surface area contributed by atoms with Crippen LogP contribution < -0.4 is 31.9 Å². The SMILES string of the molecule is Cc1cc(Br)ccc1Nc1c(C(=O)O)ccc(F)c1F.Cc1cc(Br)ccc1Nc1cc(F)ccc1C(=O)O.Cc1cc(I)ccc1Nc1cc([N+](=O)[O-])ccc1C(=O)O.Cc1cc(I)ccc1Nc1ccc(Cl)cc1C(=O)NCCO.O=C(O)c1cc([N+](=O)[O-])ccc1Nc1ccc(I)cc1Br. The van der Waals surface area contributed by atoms with Crippen LogP contribution in [0.15, 0.2) is 189 Å². The fourth-order valence-corrected chi connectivity index (χ4v) is 12.8. The van der Waals surface area contributed by atoms with Crippen LogP contribution in [0.4, 0.5) is 81.4 Å². The Morgan fingerprint density at radius 1 is 0.437 bits per heavy atom. The topological polar surface area (TPSA) is 345 Å². The molecule has 103 heavy (non-hydrogen) atoms. The Balaban J connectivity index is 0.000000202. The molecule has 22 nitrogen and oxygen atoms in total. The van der Waals surface area contributed by atoms with Crippen LogP contribution in [0.1, 0.15) is 74.0 Å². The zero-order chi connectivity index (χ0) is 76.1. The highest BCUT2D eigenvalue weighted by Crippen LogP contribution is 2.35. The van der Waals surface area contributed by atoms with Crippen LogP contribution in [0.3, 0.4) is 0 Å². The smallest absolute Gasteiger partial charge is 0.338 e. The molecule has 10 aromatic rings. The summed E-state index contributed by atoms with van der Waals surface area (Å²) in [4.78, 5) is 77.2. The number of carbonyl (C=O) groups excluding carboxylic acids is 1. The average Bonchev–Trinajstić information content (AvgIpc) is 0.832. The minimum Gasteiger partial charge on any atom is -0.478 e. The van der Waals surface area contributed by atoms with Gasteiger partial charge >= 0.3 is 23.9 Å². The van der Waals surface area contributed by atoms with Crippen molar-refractivity contribution in [2.45, 2.75) is 27.7 Å². The number of rotatable bonds is 19. The number of nitrogens with zero attached hydrogens (tertiary/aromatic N) is 2. The van der Waals surface area contributed by atoms with Crippen LogP contribution in [0.25, 0.3) is 0 Å². The van der Waals surface area contributed by atoms with Gasteiger partial charge in [0.1, 0.15) is 5.82 Å². The van der Waals surface area contributed by atoms with E-state index in [1.807, 2.05) is 75.4 Å². The van der Waals surface area contributed by atoms with Gasteiger partial charge in [0.25, 0.3) is 17.3 Å². The summed E-state index contributed by atoms with van der Waals surface area (Å²) in [6.45, 7) is 7.63. The molecule has 0 bridgehead atoms. The predicted octanol–water partition coefficient (Wildman–Crippen LogP) is 20.9. The van der Waals surface area contributed by atoms with Crippen LogP contribution >= 0.6 is 127 Å². The second-order valence-electron chi connectivity index (χ2n) is 21.4. The maximum atomic E-state index is 13.8. The maximum Gasteiger partial charge on any atom is 0.338 e. The number of aromatic carboxylic acids is 4. The molecule has 0 atom stereocenters. The second kappa shape index (κ2) is 39.1. The summed E-state index contributed by atoms with van der Waals surface area (Å²) in [6.07, 6.45) is 0. The van der Waals surface area contributed by atoms with Crippen molar-refractivity contribution in [3.63, 3.8) is 0 Å². The van der Waals surface area contributed by atoms with E-state index < -0.39 is 51.2 Å². The number of hydrogen-bond donors (Lipinski definition) is 11. The van der Waals surface area contributed by atoms with Crippen molar-refractivity contribution in [1.82, 2.24) is 5.32 Å². The minimum atomic E-state index is -1.33. The first-order valence-electron chi connectivity index (χ1n) is 29.5. The molecule has 10 aromatic carbocycles. The van der Waals surface area contributed by atoms with Gasteiger partial charge in [-0.3, -0.25) is 25.0 Å². The van der Waals surface area contributed by atoms with Gasteiger partial charge in [-0.05, 0) is 285 Å². The molecule has 11 N–H and O–H groups in total. The largest absolute Gasteiger partial charge is 0.478 e. The van der Waals surface area contributed by atoms with Crippen molar-refractivity contribution in [2.24, 2.45) is 0 Å². The van der Waals surface area contributed by atoms with Crippen molar-refractivity contribution in [1.29, 1.82) is 0 Å². The molecule has 0 fully saturated rings. The normalized spacial score (nSPS) is 10.3. The van der Waals surface area contributed by atoms with Crippen LogP contribution in [-0.2, 0) is 0 Å². The maximum absolute atomic E-state index is 13.8. The summed E-state index contributed by atoms with van der Waals surface area (Å²) in [5, 5.41) is 84.7. The third-order valence-electron chi connectivity index (χ3n) is 14.1. The summed E-state index contributed by atoms with van der Waals surface area (Å²) in [6, 6.07) is 45.6. The quantitative estimate of drug-likeness (QED) is 0.0203. The summed E-state index contributed by atoms with van der Waals surface area (Å²) >= 11 is 22.6. The fourth-order valence-electron chi connectivity index (χ4n) is 8.98. The van der Waals surface area contributed by atoms with E-state index >= 15 is 0 Å². The summed E-state index contributed by atoms with van der Waals surface area (Å²) in [7, 11) is 0. The van der Waals surface area contributed by atoms with Crippen molar-refractivity contribution in [3.8, 4) is 0 Å². The van der Waals surface area contributed by atoms with Crippen molar-refractivity contribution >= 4 is 225 Å². The lowest BCUT2D eigenvalue weighted by atomic mass is 10.1. The first kappa shape index (κ1) is 83.0. The van der Waals surface area contributed by atoms with Gasteiger partial charge in [-0.25, -0.2) is 32.3 Å². The van der Waals surface area contributed by atoms with Gasteiger partial charge in [0, 0.05) is 82.7 Å². The van der Waals surface area contributed by atoms with Crippen molar-refractivity contribution in [3.05, 3.63) is 293 Å². The van der Waals surface area contributed by atoms with Crippen LogP contribution in [0, 0.1) is 76.1 Å². The van der Waals surface area contributed by atoms with E-state index in [1.54, 1.807) is 55.5 Å². The van der Waals surface area contributed by atoms with Gasteiger partial charge < -0.3 is 57.4 Å². The number of carboxylic acid groups (broad SMARTS) is 4. The molecule has 0 aliphatic carbocycles. The number of nitrogens with one attached hydrogen (secondary N) is 6. The number of aryl methyl sites for hydroxylation is 4. The zero-order valence-corrected chi connectivity index (χ0v) is 65.7. The third kappa shape index (κ3) is 24.6. The van der Waals surface area contributed by atoms with Crippen LogP contribution in [0.5, 0.6) is 0 Å². The van der Waals surface area contributed by atoms with E-state index in [9.17, 15) is 67.6 Å². The number of aliphatic hydroxyl groups excluding tert-OH is 1. The molecule has 0 saturated carbocycles. The Kier molecular flexibility index (Phi) is 31.5. The molecular weight excluding hydrogens is 1900 g/mol. The number of amides is 1. The molecule has 0 aromatic heterocycles. The summed E-state index contributed by atoms with van der Waals surface area (Å²) < 4.78 is 46.1. The molecule has 0 aliphatic heterocycles. The molecule has 32 heteroatoms. The standard InChI is InChI=1S/C16H16ClIN2O2.C14H10BrF2NO2.C14H11BrFNO2.C14H11IN2O4.C13H8BrIN2O4/c1-10-8-12(18)3-5-14(10)20-15-4-2-11(17)9-13(15)16(22)19-6-7-21;1-7-6-8(15)2-5-11(7)18-13-9(14(19)20)3-4-10(16)12(13)17;1-8-6-9(15)2-5-12(8)17-13-7-10(16)3-4-11(13)14(18)19;1-8-6-9(15)2-5-12(8)16-13-7-10(17(20)21)3-4-11(13)14(18)19;14-10-5-7(15)1-3-12(10)16-11-4-2-8(17(20)21)6-9(11)13(18)19/h2-5,8-9,20-21H,6-7H2,1H3,(H,19,22);2-6,18H,1H3,(H,19,20);2-7,17H,1H3,(H,18,19);2-7,16H,1H3,(H,18,19);1-6,16H,(H,18,19). The average molecular weight is 1960 g/mol. The molecule has 534 valence electrons. The van der Waals surface area contributed by atoms with E-state index in [0.717, 1.165) is 82.0 Å². The van der Waals surface area contributed by atoms with E-state index in [2.05, 4.69) is 154 Å². The van der Waals surface area contributed by atoms with Crippen LogP contribution in [0.2, 0.25) is 5.02 Å². The van der Waals surface area contributed by atoms with E-state index in [0.29, 0.717) is 33.3 Å². The van der Waals surface area contributed by atoms with E-state index in [-0.39, 0.29) is 75.4 Å². The number of aliphatic hydroxyl groups is 1. The second-order valence-corrected chi connectivity index (χ2v) is 28.3. The molecule has 1 amide bonds. The minimum absolute atomic E-state index is 0.0152. The molecule has 0 heterocycles. The number of carbonyl (C=O) groups is 5. The number of non-ortho nitro benzene ring substituents is 2. The Morgan fingerprint density at radius 3 is 1.32 bits per heavy atom. The fraction of sp³-hybridized carbons (Fsp3) is 0.0845. The highest BCUT2D eigenvalue weighted by molar-refractivity contribution is 14.1. The lowest BCUT2D eigenvalue weighted by Crippen LogP contribution is -2.27. The highest BCUT2D eigenvalue weighted by atomic mass is 127. The molecule has 0 aliphatic rings. The number of carboxylic acids is 4. The van der Waals surface area contributed by atoms with Gasteiger partial charge in [0.15, 0.2) is 11.6 Å². The van der Waals surface area contributed by atoms with Gasteiger partial charge in [0.2, 0.25) is 0 Å². The number of anilines is 10. The Morgan fingerprint density at radius 2 is 0.835 bits per heavy atom. The number of halogens is 10. The van der Waals surface area contributed by atoms with Gasteiger partial charge in [0.05, 0.1) is 78.4 Å². The van der Waals surface area contributed by atoms with Gasteiger partial charge in [-0.2, -0.15) is 0 Å². The van der Waals surface area contributed by atoms with Gasteiger partial charge in [-0.15, -0.1) is 0 Å². The number of benzene rings is 10. The molecular formula is C71H56Br3ClF3I3N8O14. The third-order valence-corrected chi connectivity index (χ3v) is 18.0. The molecule has 0 radical (unpaired) electrons. The lowest BCUT2D eigenvalue weighted by molar-refractivity contribution is -0.385. The molecule has 10 rings (SSSR count). The number of nitro groups is 2. The van der Waals surface area contributed by atoms with Crippen LogP contribution in [-0.4, -0.2) is 78.3 Å². The Hall–Kier alpha value is -8.98. The summed E-state index contributed by atoms with van der Waals surface area (Å²) in [5.41, 5.74) is 7.79. The number of nitro benzene ring substituents is 2. The number of hydrogen-bond acceptors (Lipinski definition) is 15. The molecule has 0 unspecified atom stereocenters. The first-order chi connectivity index (χ1) is 48.6. The zero-order valence-electron chi connectivity index (χ0n) is 53.7. The highest BCUT2D eigenvalue weighted by Gasteiger charge is 2.22. The van der Waals surface area contributed by atoms with Crippen molar-refractivity contribution < 1.29 is 72.5 Å². The van der Waals surface area contributed by atoms with E-state index in [1.165, 1.54) is 42.5 Å². The molecule has 0 saturated heterocycles. The van der Waals surface area contributed by atoms with Crippen molar-refractivity contribution in [2.75, 3.05) is 39.7 Å².